The fourth-order valence-corrected chi connectivity index (χ4v) is 1.32. The monoisotopic (exact) mass is 457 g/mol. The second kappa shape index (κ2) is 8.08. The van der Waals surface area contributed by atoms with E-state index in [-0.39, 0.29) is 35.5 Å². The Morgan fingerprint density at radius 2 is 1.94 bits per heavy atom. The first-order chi connectivity index (χ1) is 7.13. The molecule has 0 atom stereocenters. The van der Waals surface area contributed by atoms with Crippen molar-refractivity contribution in [2.24, 2.45) is 0 Å². The summed E-state index contributed by atoms with van der Waals surface area (Å²) in [4.78, 5) is 10.9. The van der Waals surface area contributed by atoms with Gasteiger partial charge >= 0.3 is 7.12 Å². The zero-order valence-corrected chi connectivity index (χ0v) is 13.2. The summed E-state index contributed by atoms with van der Waals surface area (Å²) in [7, 11) is -0.952. The number of carbonyl (C=O) groups is 1. The third-order valence-corrected chi connectivity index (χ3v) is 2.44. The molecule has 0 heterocycles. The first-order valence-electron chi connectivity index (χ1n) is 4.42. The van der Waals surface area contributed by atoms with Gasteiger partial charge in [0.25, 0.3) is 0 Å². The van der Waals surface area contributed by atoms with Crippen LogP contribution in [0.2, 0.25) is 0 Å². The van der Waals surface area contributed by atoms with E-state index >= 15 is 0 Å². The predicted molar refractivity (Wildman–Crippen MR) is 63.3 cm³/mol. The number of hydrogen-bond acceptors (Lipinski definition) is 3. The second-order valence-corrected chi connectivity index (χ2v) is 3.78. The molecule has 0 bridgehead atoms. The summed E-state index contributed by atoms with van der Waals surface area (Å²) < 4.78 is 0. The van der Waals surface area contributed by atoms with E-state index in [1.807, 2.05) is 0 Å². The smallest absolute Gasteiger partial charge is 0.423 e. The average Bonchev–Trinajstić information content (AvgIpc) is 2.26. The van der Waals surface area contributed by atoms with Gasteiger partial charge in [-0.05, 0) is 5.46 Å². The normalized spacial score (nSPS) is 9.38. The molecule has 1 aromatic carbocycles. The second-order valence-electron chi connectivity index (χ2n) is 3.02. The third kappa shape index (κ3) is 5.31. The van der Waals surface area contributed by atoms with E-state index in [0.717, 1.165) is 5.56 Å². The van der Waals surface area contributed by atoms with Crippen LogP contribution in [0.4, 0.5) is 0 Å². The molecule has 0 amide bonds. The van der Waals surface area contributed by atoms with Crippen LogP contribution in [0.25, 0.3) is 0 Å². The molecule has 1 rings (SSSR count). The Kier molecular flexibility index (Phi) is 8.05. The van der Waals surface area contributed by atoms with Crippen molar-refractivity contribution in [1.82, 2.24) is 0 Å². The van der Waals surface area contributed by atoms with Gasteiger partial charge in [0.05, 0.1) is 0 Å². The largest absolute Gasteiger partial charge is 0.488 e. The molecule has 0 aliphatic carbocycles. The maximum Gasteiger partial charge on any atom is 0.488 e. The molecular weight excluding hydrogens is 447 g/mol. The van der Waals surface area contributed by atoms with Crippen LogP contribution in [0.15, 0.2) is 24.3 Å². The maximum atomic E-state index is 10.9. The average molecular weight is 458 g/mol. The molecule has 1 radical (unpaired) electrons. The van der Waals surface area contributed by atoms with E-state index in [0.29, 0.717) is 20.1 Å². The van der Waals surface area contributed by atoms with Gasteiger partial charge in [-0.3, -0.25) is 0 Å². The van der Waals surface area contributed by atoms with E-state index < -0.39 is 7.12 Å². The van der Waals surface area contributed by atoms with E-state index in [1.54, 1.807) is 30.7 Å². The minimum atomic E-state index is -1.44. The van der Waals surface area contributed by atoms with Crippen molar-refractivity contribution in [3.63, 3.8) is 0 Å². The first kappa shape index (κ1) is 15.9. The van der Waals surface area contributed by atoms with Gasteiger partial charge in [0.15, 0.2) is 0 Å². The van der Waals surface area contributed by atoms with Gasteiger partial charge in [0.1, 0.15) is 0 Å². The zero-order chi connectivity index (χ0) is 11.3. The van der Waals surface area contributed by atoms with Crippen LogP contribution in [0.3, 0.4) is 0 Å². The van der Waals surface area contributed by atoms with Crippen LogP contribution in [0.5, 0.6) is 0 Å². The van der Waals surface area contributed by atoms with Crippen molar-refractivity contribution in [3.8, 4) is 0 Å². The van der Waals surface area contributed by atoms with Gasteiger partial charge in [0, 0.05) is 35.5 Å². The number of carbonyl (C=O) groups excluding carboxylic acids is 1. The Balaban J connectivity index is 0.00000225. The van der Waals surface area contributed by atoms with E-state index in [9.17, 15) is 4.79 Å². The fourth-order valence-electron chi connectivity index (χ4n) is 1.10. The topological polar surface area (TPSA) is 57.5 Å². The summed E-state index contributed by atoms with van der Waals surface area (Å²) in [6.07, 6.45) is 5.57. The molecule has 3 nitrogen and oxygen atoms in total. The van der Waals surface area contributed by atoms with Crippen molar-refractivity contribution in [1.29, 1.82) is 0 Å². The van der Waals surface area contributed by atoms with Crippen molar-refractivity contribution in [2.45, 2.75) is 6.42 Å². The molecule has 2 N–H and O–H groups in total. The van der Waals surface area contributed by atoms with E-state index in [2.05, 4.69) is 6.30 Å². The molecule has 0 saturated carbocycles. The van der Waals surface area contributed by atoms with Gasteiger partial charge in [-0.1, -0.05) is 44.3 Å². The summed E-state index contributed by atoms with van der Waals surface area (Å²) in [6.45, 7) is 0. The Morgan fingerprint density at radius 3 is 2.38 bits per heavy atom. The third-order valence-electron chi connectivity index (χ3n) is 1.95. The molecule has 0 aliphatic heterocycles. The first-order valence-corrected chi connectivity index (χ1v) is 5.50. The molecule has 0 spiro atoms. The summed E-state index contributed by atoms with van der Waals surface area (Å²) in [6, 6.07) is 6.78. The van der Waals surface area contributed by atoms with Gasteiger partial charge in [-0.15, -0.1) is 6.42 Å². The zero-order valence-electron chi connectivity index (χ0n) is 8.58. The number of benzene rings is 1. The number of rotatable bonds is 5. The molecule has 0 unspecified atom stereocenters. The van der Waals surface area contributed by atoms with Gasteiger partial charge < -0.3 is 21.3 Å². The van der Waals surface area contributed by atoms with Crippen molar-refractivity contribution in [2.75, 3.05) is 0 Å². The predicted octanol–water partition coefficient (Wildman–Crippen LogP) is 0.0180. The molecule has 0 aliphatic rings. The molecule has 0 saturated heterocycles. The quantitative estimate of drug-likeness (QED) is 0.372. The minimum absolute atomic E-state index is 0. The fraction of sp³-hybridized carbons (Fsp3) is 0.100. The SMILES string of the molecule is C=PC(=O)[CH-]Cc1ccc(B(O)O)cc1.[Np]. The van der Waals surface area contributed by atoms with Gasteiger partial charge in [0.2, 0.25) is 0 Å². The summed E-state index contributed by atoms with van der Waals surface area (Å²) >= 11 is 0. The summed E-state index contributed by atoms with van der Waals surface area (Å²) in [5.74, 6) is 0. The van der Waals surface area contributed by atoms with Crippen LogP contribution in [0, 0.1) is 36.4 Å². The number of hydrogen-bond donors (Lipinski definition) is 2. The molecule has 83 valence electrons. The molecule has 0 aromatic heterocycles. The molecule has 0 fully saturated rings. The summed E-state index contributed by atoms with van der Waals surface area (Å²) in [5.41, 5.74) is 1.39. The Labute approximate surface area is 119 Å². The Bertz CT molecular complexity index is 354. The maximum absolute atomic E-state index is 10.9. The summed E-state index contributed by atoms with van der Waals surface area (Å²) in [5, 5.41) is 17.7. The van der Waals surface area contributed by atoms with Crippen LogP contribution in [0.1, 0.15) is 5.56 Å². The standard InChI is InChI=1S/C10H11BO3P.Np/c1-15-10(12)7-4-8-2-5-9(6-3-8)11(13)14;/h2-3,5-7,13-14H,1,4H2;/q-1;. The molecule has 16 heavy (non-hydrogen) atoms. The van der Waals surface area contributed by atoms with Gasteiger partial charge in [-0.2, -0.15) is 0 Å². The van der Waals surface area contributed by atoms with Crippen molar-refractivity contribution >= 4 is 32.6 Å². The molecule has 6 heteroatoms. The van der Waals surface area contributed by atoms with E-state index in [4.69, 9.17) is 10.0 Å². The Hall–Kier alpha value is -0.0721. The minimum Gasteiger partial charge on any atom is -0.423 e. The van der Waals surface area contributed by atoms with Gasteiger partial charge in [-0.25, -0.2) is 0 Å². The van der Waals surface area contributed by atoms with Crippen LogP contribution >= 0.6 is 8.20 Å². The van der Waals surface area contributed by atoms with Crippen LogP contribution in [-0.4, -0.2) is 29.0 Å². The van der Waals surface area contributed by atoms with Crippen LogP contribution < -0.4 is 5.46 Å². The van der Waals surface area contributed by atoms with Crippen LogP contribution in [-0.2, 0) is 11.2 Å². The van der Waals surface area contributed by atoms with E-state index in [1.165, 1.54) is 0 Å². The molecule has 1 aromatic rings. The molecular formula is C10H11BNpO3P-. The Morgan fingerprint density at radius 1 is 1.38 bits per heavy atom. The van der Waals surface area contributed by atoms with Crippen molar-refractivity contribution in [3.05, 3.63) is 36.2 Å². The van der Waals surface area contributed by atoms with Crippen molar-refractivity contribution < 1.29 is 44.8 Å².